The number of halogens is 1. The number of benzene rings is 1. The van der Waals surface area contributed by atoms with Gasteiger partial charge in [0.25, 0.3) is 0 Å². The summed E-state index contributed by atoms with van der Waals surface area (Å²) in [5.74, 6) is -1.65. The summed E-state index contributed by atoms with van der Waals surface area (Å²) in [6, 6.07) is 4.65. The zero-order chi connectivity index (χ0) is 19.7. The van der Waals surface area contributed by atoms with Crippen molar-refractivity contribution in [1.29, 1.82) is 0 Å². The third kappa shape index (κ3) is 3.31. The molecule has 9 heteroatoms. The van der Waals surface area contributed by atoms with Crippen molar-refractivity contribution in [2.24, 2.45) is 7.05 Å². The van der Waals surface area contributed by atoms with Gasteiger partial charge in [-0.1, -0.05) is 17.7 Å². The minimum absolute atomic E-state index is 0.0705. The summed E-state index contributed by atoms with van der Waals surface area (Å²) in [6.07, 6.45) is 1.78. The lowest BCUT2D eigenvalue weighted by Gasteiger charge is -2.10. The van der Waals surface area contributed by atoms with Crippen LogP contribution in [0.1, 0.15) is 28.8 Å². The molecule has 0 saturated heterocycles. The summed E-state index contributed by atoms with van der Waals surface area (Å²) in [5, 5.41) is 10.1. The Hall–Kier alpha value is -3.13. The highest BCUT2D eigenvalue weighted by molar-refractivity contribution is 6.31. The first-order chi connectivity index (χ1) is 12.8. The lowest BCUT2D eigenvalue weighted by molar-refractivity contribution is -0.136. The molecule has 0 aliphatic carbocycles. The molecule has 8 nitrogen and oxygen atoms in total. The van der Waals surface area contributed by atoms with Gasteiger partial charge in [0.15, 0.2) is 5.82 Å². The van der Waals surface area contributed by atoms with Crippen LogP contribution in [0.2, 0.25) is 5.02 Å². The highest BCUT2D eigenvalue weighted by Gasteiger charge is 2.30. The fourth-order valence-electron chi connectivity index (χ4n) is 2.96. The molecule has 0 bridgehead atoms. The fourth-order valence-corrected chi connectivity index (χ4v) is 3.13. The van der Waals surface area contributed by atoms with Gasteiger partial charge in [-0.3, -0.25) is 9.59 Å². The molecule has 0 atom stereocenters. The molecule has 3 rings (SSSR count). The predicted octanol–water partition coefficient (Wildman–Crippen LogP) is 2.89. The Morgan fingerprint density at radius 3 is 2.63 bits per heavy atom. The Bertz CT molecular complexity index is 1070. The number of hydrogen-bond donors (Lipinski definition) is 1. The van der Waals surface area contributed by atoms with Crippen LogP contribution in [0.25, 0.3) is 10.9 Å². The Morgan fingerprint density at radius 1 is 1.30 bits per heavy atom. The van der Waals surface area contributed by atoms with Crippen molar-refractivity contribution >= 4 is 40.3 Å². The minimum atomic E-state index is -1.14. The molecule has 140 valence electrons. The SMILES string of the molecule is CCOC(=O)n1c(C(=O)c2nccn2C)c(CC(=O)O)c2ccc(Cl)cc21. The van der Waals surface area contributed by atoms with Gasteiger partial charge in [0.1, 0.15) is 5.69 Å². The van der Waals surface area contributed by atoms with Crippen molar-refractivity contribution in [3.63, 3.8) is 0 Å². The molecule has 0 radical (unpaired) electrons. The smallest absolute Gasteiger partial charge is 0.419 e. The lowest BCUT2D eigenvalue weighted by Crippen LogP contribution is -2.22. The van der Waals surface area contributed by atoms with Gasteiger partial charge in [0.2, 0.25) is 5.78 Å². The second kappa shape index (κ2) is 7.24. The topological polar surface area (TPSA) is 103 Å². The van der Waals surface area contributed by atoms with E-state index in [1.54, 1.807) is 32.3 Å². The lowest BCUT2D eigenvalue weighted by atomic mass is 10.0. The average molecular weight is 390 g/mol. The van der Waals surface area contributed by atoms with Crippen LogP contribution in [0.4, 0.5) is 4.79 Å². The third-order valence-corrected chi connectivity index (χ3v) is 4.29. The summed E-state index contributed by atoms with van der Waals surface area (Å²) in [5.41, 5.74) is 0.410. The minimum Gasteiger partial charge on any atom is -0.481 e. The van der Waals surface area contributed by atoms with E-state index in [0.29, 0.717) is 15.9 Å². The number of carbonyl (C=O) groups excluding carboxylic acids is 2. The summed E-state index contributed by atoms with van der Waals surface area (Å²) >= 11 is 6.06. The highest BCUT2D eigenvalue weighted by Crippen LogP contribution is 2.31. The van der Waals surface area contributed by atoms with Crippen molar-refractivity contribution in [2.45, 2.75) is 13.3 Å². The van der Waals surface area contributed by atoms with Crippen LogP contribution in [-0.2, 0) is 23.0 Å². The van der Waals surface area contributed by atoms with Gasteiger partial charge < -0.3 is 14.4 Å². The first-order valence-corrected chi connectivity index (χ1v) is 8.46. The van der Waals surface area contributed by atoms with E-state index in [9.17, 15) is 19.5 Å². The Labute approximate surface area is 158 Å². The maximum atomic E-state index is 13.2. The number of imidazole rings is 1. The number of hydrogen-bond acceptors (Lipinski definition) is 5. The van der Waals surface area contributed by atoms with Crippen LogP contribution in [0, 0.1) is 0 Å². The molecule has 1 aromatic carbocycles. The van der Waals surface area contributed by atoms with Crippen molar-refractivity contribution in [3.8, 4) is 0 Å². The van der Waals surface area contributed by atoms with E-state index in [4.69, 9.17) is 16.3 Å². The monoisotopic (exact) mass is 389 g/mol. The second-order valence-corrected chi connectivity index (χ2v) is 6.22. The van der Waals surface area contributed by atoms with Gasteiger partial charge in [-0.15, -0.1) is 0 Å². The van der Waals surface area contributed by atoms with Gasteiger partial charge in [0.05, 0.1) is 18.5 Å². The number of rotatable bonds is 5. The number of ether oxygens (including phenoxy) is 1. The first kappa shape index (κ1) is 18.7. The first-order valence-electron chi connectivity index (χ1n) is 8.08. The number of carboxylic acids is 1. The van der Waals surface area contributed by atoms with Crippen molar-refractivity contribution in [3.05, 3.63) is 52.7 Å². The zero-order valence-electron chi connectivity index (χ0n) is 14.6. The van der Waals surface area contributed by atoms with Gasteiger partial charge in [-0.2, -0.15) is 0 Å². The van der Waals surface area contributed by atoms with Crippen LogP contribution in [0.15, 0.2) is 30.6 Å². The molecular weight excluding hydrogens is 374 g/mol. The van der Waals surface area contributed by atoms with E-state index in [1.165, 1.54) is 16.8 Å². The van der Waals surface area contributed by atoms with Gasteiger partial charge in [0, 0.05) is 35.4 Å². The standard InChI is InChI=1S/C18H16ClN3O5/c1-3-27-18(26)22-13-8-10(19)4-5-11(13)12(9-14(23)24)15(22)16(25)17-20-6-7-21(17)2/h4-8H,3,9H2,1-2H3,(H,23,24). The molecule has 2 aromatic heterocycles. The number of aliphatic carboxylic acids is 1. The van der Waals surface area contributed by atoms with E-state index >= 15 is 0 Å². The number of carboxylic acid groups (broad SMARTS) is 1. The molecule has 0 fully saturated rings. The zero-order valence-corrected chi connectivity index (χ0v) is 15.4. The molecular formula is C18H16ClN3O5. The van der Waals surface area contributed by atoms with Gasteiger partial charge >= 0.3 is 12.1 Å². The molecule has 2 heterocycles. The number of ketones is 1. The summed E-state index contributed by atoms with van der Waals surface area (Å²) in [4.78, 5) is 41.2. The van der Waals surface area contributed by atoms with E-state index in [1.807, 2.05) is 0 Å². The van der Waals surface area contributed by atoms with Crippen molar-refractivity contribution in [2.75, 3.05) is 6.61 Å². The third-order valence-electron chi connectivity index (χ3n) is 4.05. The van der Waals surface area contributed by atoms with Crippen LogP contribution >= 0.6 is 11.6 Å². The summed E-state index contributed by atoms with van der Waals surface area (Å²) < 4.78 is 7.65. The van der Waals surface area contributed by atoms with E-state index in [2.05, 4.69) is 4.98 Å². The normalized spacial score (nSPS) is 10.9. The maximum absolute atomic E-state index is 13.2. The molecule has 0 aliphatic rings. The predicted molar refractivity (Wildman–Crippen MR) is 97.3 cm³/mol. The van der Waals surface area contributed by atoms with Crippen LogP contribution in [0.5, 0.6) is 0 Å². The summed E-state index contributed by atoms with van der Waals surface area (Å²) in [6.45, 7) is 1.72. The summed E-state index contributed by atoms with van der Waals surface area (Å²) in [7, 11) is 1.63. The largest absolute Gasteiger partial charge is 0.481 e. The van der Waals surface area contributed by atoms with E-state index < -0.39 is 24.3 Å². The molecule has 0 unspecified atom stereocenters. The number of carbonyl (C=O) groups is 3. The van der Waals surface area contributed by atoms with Gasteiger partial charge in [-0.05, 0) is 19.1 Å². The van der Waals surface area contributed by atoms with Crippen LogP contribution < -0.4 is 0 Å². The van der Waals surface area contributed by atoms with Crippen LogP contribution in [0.3, 0.4) is 0 Å². The molecule has 27 heavy (non-hydrogen) atoms. The quantitative estimate of drug-likeness (QED) is 0.673. The maximum Gasteiger partial charge on any atom is 0.419 e. The fraction of sp³-hybridized carbons (Fsp3) is 0.222. The van der Waals surface area contributed by atoms with Crippen molar-refractivity contribution < 1.29 is 24.2 Å². The number of aromatic nitrogens is 3. The van der Waals surface area contributed by atoms with Crippen LogP contribution in [-0.4, -0.2) is 43.7 Å². The van der Waals surface area contributed by atoms with E-state index in [-0.39, 0.29) is 23.7 Å². The molecule has 0 aliphatic heterocycles. The molecule has 1 N–H and O–H groups in total. The van der Waals surface area contributed by atoms with Crippen molar-refractivity contribution in [1.82, 2.24) is 14.1 Å². The number of nitrogens with zero attached hydrogens (tertiary/aromatic N) is 3. The highest BCUT2D eigenvalue weighted by atomic mass is 35.5. The Balaban J connectivity index is 2.38. The second-order valence-electron chi connectivity index (χ2n) is 5.78. The average Bonchev–Trinajstić information content (AvgIpc) is 3.15. The number of aryl methyl sites for hydroxylation is 1. The molecule has 0 amide bonds. The molecule has 0 saturated carbocycles. The number of fused-ring (bicyclic) bond motifs is 1. The molecule has 0 spiro atoms. The Kier molecular flexibility index (Phi) is 5.00. The molecule has 3 aromatic rings. The Morgan fingerprint density at radius 2 is 2.04 bits per heavy atom. The van der Waals surface area contributed by atoms with Gasteiger partial charge in [-0.25, -0.2) is 14.3 Å². The van der Waals surface area contributed by atoms with E-state index in [0.717, 1.165) is 4.57 Å².